The normalized spacial score (nSPS) is 12.9. The van der Waals surface area contributed by atoms with E-state index in [0.717, 1.165) is 0 Å². The summed E-state index contributed by atoms with van der Waals surface area (Å²) in [5.74, 6) is 0. The van der Waals surface area contributed by atoms with Crippen LogP contribution in [0.15, 0.2) is 141 Å². The summed E-state index contributed by atoms with van der Waals surface area (Å²) in [7, 11) is -18.2. The van der Waals surface area contributed by atoms with Gasteiger partial charge >= 0.3 is 19.5 Å². The Morgan fingerprint density at radius 3 is 0.662 bits per heavy atom. The summed E-state index contributed by atoms with van der Waals surface area (Å²) in [4.78, 5) is 18.7. The molecule has 3 aromatic heterocycles. The van der Waals surface area contributed by atoms with Crippen LogP contribution >= 0.6 is 0 Å². The fourth-order valence-corrected chi connectivity index (χ4v) is 9.36. The van der Waals surface area contributed by atoms with Gasteiger partial charge in [-0.1, -0.05) is 72.8 Å². The zero-order valence-electron chi connectivity index (χ0n) is 33.0. The molecule has 0 radical (unpaired) electrons. The summed E-state index contributed by atoms with van der Waals surface area (Å²) in [5, 5.41) is 0. The summed E-state index contributed by atoms with van der Waals surface area (Å²) in [6, 6.07) is 28.4. The van der Waals surface area contributed by atoms with Crippen LogP contribution in [0.3, 0.4) is 0 Å². The van der Waals surface area contributed by atoms with E-state index in [2.05, 4.69) is 0 Å². The van der Waals surface area contributed by atoms with E-state index in [1.54, 1.807) is 48.6 Å². The Morgan fingerprint density at radius 1 is 0.308 bits per heavy atom. The monoisotopic (exact) mass is 996 g/mol. The van der Waals surface area contributed by atoms with Gasteiger partial charge < -0.3 is 9.97 Å². The predicted molar refractivity (Wildman–Crippen MR) is 238 cm³/mol. The van der Waals surface area contributed by atoms with E-state index < -0.39 is 40.5 Å². The van der Waals surface area contributed by atoms with Crippen molar-refractivity contribution in [3.63, 3.8) is 0 Å². The van der Waals surface area contributed by atoms with Gasteiger partial charge in [0, 0.05) is 0 Å². The Morgan fingerprint density at radius 2 is 0.492 bits per heavy atom. The van der Waals surface area contributed by atoms with Crippen molar-refractivity contribution in [2.45, 2.75) is 19.6 Å². The molecule has 5 heterocycles. The molecule has 21 heteroatoms. The third-order valence-corrected chi connectivity index (χ3v) is 13.8. The zero-order chi connectivity index (χ0) is 45.3. The van der Waals surface area contributed by atoms with Crippen molar-refractivity contribution in [2.24, 2.45) is 0 Å². The first-order chi connectivity index (χ1) is 30.2. The van der Waals surface area contributed by atoms with Crippen LogP contribution in [0.4, 0.5) is 0 Å². The molecule has 0 amide bonds. The molecule has 0 unspecified atom stereocenters. The van der Waals surface area contributed by atoms with Crippen LogP contribution in [-0.4, -0.2) is 61.9 Å². The van der Waals surface area contributed by atoms with Crippen molar-refractivity contribution < 1.29 is 71.4 Å². The molecule has 322 valence electrons. The number of rotatable bonds is 8. The van der Waals surface area contributed by atoms with E-state index in [0.29, 0.717) is 89.4 Å². The number of benzene rings is 4. The van der Waals surface area contributed by atoms with E-state index in [-0.39, 0.29) is 39.1 Å². The van der Waals surface area contributed by atoms with Gasteiger partial charge in [-0.05, 0) is 117 Å². The second-order valence-corrected chi connectivity index (χ2v) is 20.0. The van der Waals surface area contributed by atoms with E-state index in [9.17, 15) is 51.9 Å². The van der Waals surface area contributed by atoms with Crippen LogP contribution < -0.4 is 9.97 Å². The Bertz CT molecular complexity index is 3300. The van der Waals surface area contributed by atoms with E-state index in [1.807, 2.05) is 0 Å². The summed E-state index contributed by atoms with van der Waals surface area (Å²) in [5.41, 5.74) is 6.28. The second kappa shape index (κ2) is 16.6. The number of hydrogen-bond donors (Lipinski definition) is 4. The van der Waals surface area contributed by atoms with Crippen LogP contribution in [-0.2, 0) is 60.0 Å². The molecule has 0 aliphatic carbocycles. The molecule has 9 rings (SSSR count). The quantitative estimate of drug-likeness (QED) is 0.0844. The summed E-state index contributed by atoms with van der Waals surface area (Å²) in [6.07, 6.45) is 6.79. The van der Waals surface area contributed by atoms with Crippen LogP contribution in [0.1, 0.15) is 22.8 Å². The predicted octanol–water partition coefficient (Wildman–Crippen LogP) is 7.57. The van der Waals surface area contributed by atoms with Crippen LogP contribution in [0.2, 0.25) is 0 Å². The van der Waals surface area contributed by atoms with Gasteiger partial charge in [-0.15, -0.1) is 22.1 Å². The SMILES string of the molecule is O=S(=O)(O)c1ccc(-c2c3nc(c(-c4ccc(S(=O)(=O)O)cc4)c4ccc([n-]4)c(-c4ccc(S(=O)(=O)O)cc4)c4nc(c(-c5ccc(S(=O)(=O)O)cc5)c5ccc2[n-]5)C=C4)C=C3)cc1.[Zn+2]. The van der Waals surface area contributed by atoms with Gasteiger partial charge in [0.2, 0.25) is 0 Å². The minimum atomic E-state index is -4.56. The topological polar surface area (TPSA) is 271 Å². The van der Waals surface area contributed by atoms with Gasteiger partial charge in [-0.2, -0.15) is 33.7 Å². The third kappa shape index (κ3) is 8.93. The van der Waals surface area contributed by atoms with Crippen molar-refractivity contribution >= 4 is 86.8 Å². The van der Waals surface area contributed by atoms with Crippen molar-refractivity contribution in [3.8, 4) is 44.5 Å². The number of aromatic nitrogens is 4. The molecule has 0 fully saturated rings. The molecule has 2 aliphatic rings. The Kier molecular flexibility index (Phi) is 11.6. The maximum absolute atomic E-state index is 12.0. The molecule has 0 spiro atoms. The number of hydrogen-bond acceptors (Lipinski definition) is 10. The van der Waals surface area contributed by atoms with Crippen LogP contribution in [0.5, 0.6) is 0 Å². The first kappa shape index (κ1) is 45.3. The van der Waals surface area contributed by atoms with E-state index >= 15 is 0 Å². The van der Waals surface area contributed by atoms with Crippen molar-refractivity contribution in [1.29, 1.82) is 0 Å². The van der Waals surface area contributed by atoms with E-state index in [1.165, 1.54) is 97.1 Å². The average molecular weight is 998 g/mol. The van der Waals surface area contributed by atoms with Crippen molar-refractivity contribution in [3.05, 3.63) is 144 Å². The summed E-state index contributed by atoms with van der Waals surface area (Å²) >= 11 is 0. The molecular formula is C44H28N4O12S4Zn. The average Bonchev–Trinajstić information content (AvgIpc) is 4.08. The maximum atomic E-state index is 12.0. The van der Waals surface area contributed by atoms with Gasteiger partial charge in [-0.25, -0.2) is 9.97 Å². The molecular weight excluding hydrogens is 970 g/mol. The van der Waals surface area contributed by atoms with Crippen LogP contribution in [0.25, 0.3) is 90.9 Å². The largest absolute Gasteiger partial charge is 2.00 e. The Hall–Kier alpha value is -6.26. The fourth-order valence-electron chi connectivity index (χ4n) is 7.44. The Labute approximate surface area is 383 Å². The van der Waals surface area contributed by atoms with Gasteiger partial charge in [0.05, 0.1) is 42.4 Å². The standard InChI is InChI=1S/C44H28N4O12S4.Zn/c49-61(50,51)29-9-1-25(2-10-29)41-33-17-19-35(45-33)42(26-3-11-30(12-4-26)62(52,53)54)37-21-23-39(47-37)44(28-7-15-32(16-8-28)64(58,59)60)40-24-22-38(48-40)43(36-20-18-34(41)46-36)27-5-13-31(14-6-27)63(55,56)57;/h1-24H,(H,49,50,51)(H,52,53,54)(H,55,56,57)(H,58,59,60);/q-2;+2. The van der Waals surface area contributed by atoms with Crippen LogP contribution in [0, 0.1) is 0 Å². The molecule has 4 aromatic carbocycles. The third-order valence-electron chi connectivity index (χ3n) is 10.4. The number of nitrogens with zero attached hydrogens (tertiary/aromatic N) is 4. The molecule has 65 heavy (non-hydrogen) atoms. The fraction of sp³-hybridized carbons (Fsp3) is 0. The van der Waals surface area contributed by atoms with Crippen molar-refractivity contribution in [1.82, 2.24) is 19.9 Å². The second-order valence-electron chi connectivity index (χ2n) is 14.4. The van der Waals surface area contributed by atoms with Gasteiger partial charge in [0.15, 0.2) is 0 Å². The molecule has 0 saturated carbocycles. The minimum absolute atomic E-state index is 0. The van der Waals surface area contributed by atoms with Crippen molar-refractivity contribution in [2.75, 3.05) is 0 Å². The smallest absolute Gasteiger partial charge is 0.657 e. The Balaban J connectivity index is 0.00000576. The van der Waals surface area contributed by atoms with E-state index in [4.69, 9.17) is 19.9 Å². The molecule has 7 aromatic rings. The molecule has 4 N–H and O–H groups in total. The van der Waals surface area contributed by atoms with Gasteiger partial charge in [0.25, 0.3) is 40.5 Å². The van der Waals surface area contributed by atoms with Gasteiger partial charge in [0.1, 0.15) is 0 Å². The number of fused-ring (bicyclic) bond motifs is 8. The molecule has 2 aliphatic heterocycles. The minimum Gasteiger partial charge on any atom is -0.657 e. The first-order valence-corrected chi connectivity index (χ1v) is 24.4. The summed E-state index contributed by atoms with van der Waals surface area (Å²) in [6.45, 7) is 0. The molecule has 8 bridgehead atoms. The first-order valence-electron chi connectivity index (χ1n) is 18.6. The van der Waals surface area contributed by atoms with Gasteiger partial charge in [-0.3, -0.25) is 18.2 Å². The molecule has 16 nitrogen and oxygen atoms in total. The zero-order valence-corrected chi connectivity index (χ0v) is 39.3. The maximum Gasteiger partial charge on any atom is 2.00 e. The summed E-state index contributed by atoms with van der Waals surface area (Å²) < 4.78 is 135. The molecule has 0 atom stereocenters. The molecule has 0 saturated heterocycles.